The van der Waals surface area contributed by atoms with E-state index in [0.29, 0.717) is 12.0 Å². The molecule has 2 aliphatic rings. The van der Waals surface area contributed by atoms with Crippen molar-refractivity contribution in [2.24, 2.45) is 5.92 Å². The van der Waals surface area contributed by atoms with Gasteiger partial charge in [0, 0.05) is 12.6 Å². The van der Waals surface area contributed by atoms with Crippen molar-refractivity contribution >= 4 is 5.91 Å². The molecule has 0 spiro atoms. The summed E-state index contributed by atoms with van der Waals surface area (Å²) in [6, 6.07) is 4.69. The highest BCUT2D eigenvalue weighted by Crippen LogP contribution is 2.39. The molecule has 0 radical (unpaired) electrons. The second kappa shape index (κ2) is 3.65. The number of phenols is 2. The highest BCUT2D eigenvalue weighted by Gasteiger charge is 2.41. The van der Waals surface area contributed by atoms with Gasteiger partial charge in [-0.3, -0.25) is 4.79 Å². The molecule has 0 aromatic heterocycles. The zero-order valence-corrected chi connectivity index (χ0v) is 9.47. The summed E-state index contributed by atoms with van der Waals surface area (Å²) in [4.78, 5) is 14.1. The van der Waals surface area contributed by atoms with E-state index < -0.39 is 0 Å². The third kappa shape index (κ3) is 1.55. The third-order valence-corrected chi connectivity index (χ3v) is 3.90. The molecule has 1 aromatic rings. The molecule has 1 heterocycles. The number of benzene rings is 1. The Morgan fingerprint density at radius 3 is 2.47 bits per heavy atom. The van der Waals surface area contributed by atoms with Crippen LogP contribution < -0.4 is 0 Å². The van der Waals surface area contributed by atoms with Gasteiger partial charge in [-0.25, -0.2) is 0 Å². The first kappa shape index (κ1) is 10.4. The summed E-state index contributed by atoms with van der Waals surface area (Å²) in [5, 5.41) is 19.4. The fraction of sp³-hybridized carbons (Fsp3) is 0.462. The van der Waals surface area contributed by atoms with Gasteiger partial charge in [0.05, 0.1) is 0 Å². The molecule has 4 nitrogen and oxygen atoms in total. The zero-order valence-electron chi connectivity index (χ0n) is 9.47. The molecule has 1 saturated heterocycles. The van der Waals surface area contributed by atoms with Gasteiger partial charge in [0.1, 0.15) is 17.1 Å². The first-order valence-corrected chi connectivity index (χ1v) is 5.98. The van der Waals surface area contributed by atoms with E-state index >= 15 is 0 Å². The maximum Gasteiger partial charge on any atom is 0.261 e. The number of carbonyl (C=O) groups is 1. The van der Waals surface area contributed by atoms with Gasteiger partial charge in [0.15, 0.2) is 0 Å². The van der Waals surface area contributed by atoms with Crippen LogP contribution in [0.15, 0.2) is 18.2 Å². The van der Waals surface area contributed by atoms with Gasteiger partial charge in [-0.15, -0.1) is 0 Å². The number of rotatable bonds is 1. The summed E-state index contributed by atoms with van der Waals surface area (Å²) in [6.07, 6.45) is 3.31. The lowest BCUT2D eigenvalue weighted by Crippen LogP contribution is -2.37. The molecule has 1 aliphatic carbocycles. The van der Waals surface area contributed by atoms with Gasteiger partial charge in [-0.1, -0.05) is 6.07 Å². The molecule has 1 saturated carbocycles. The Labute approximate surface area is 99.5 Å². The monoisotopic (exact) mass is 233 g/mol. The van der Waals surface area contributed by atoms with E-state index in [1.54, 1.807) is 4.90 Å². The summed E-state index contributed by atoms with van der Waals surface area (Å²) in [7, 11) is 0. The molecule has 2 unspecified atom stereocenters. The standard InChI is InChI=1S/C13H15NO3/c15-10-2-1-3-11(16)12(10)13(17)14-7-8-4-5-9(14)6-8/h1-3,8-9,15-16H,4-7H2. The Morgan fingerprint density at radius 2 is 1.94 bits per heavy atom. The van der Waals surface area contributed by atoms with Gasteiger partial charge in [-0.05, 0) is 37.3 Å². The van der Waals surface area contributed by atoms with E-state index in [0.717, 1.165) is 19.4 Å². The maximum atomic E-state index is 12.3. The third-order valence-electron chi connectivity index (χ3n) is 3.90. The number of fused-ring (bicyclic) bond motifs is 2. The SMILES string of the molecule is O=C(c1c(O)cccc1O)N1CC2CCC1C2. The van der Waals surface area contributed by atoms with Gasteiger partial charge in [0.2, 0.25) is 0 Å². The largest absolute Gasteiger partial charge is 0.507 e. The number of piperidine rings is 1. The lowest BCUT2D eigenvalue weighted by atomic mass is 10.1. The molecule has 90 valence electrons. The van der Waals surface area contributed by atoms with Crippen LogP contribution in [0.1, 0.15) is 29.6 Å². The quantitative estimate of drug-likeness (QED) is 0.776. The molecule has 3 rings (SSSR count). The fourth-order valence-corrected chi connectivity index (χ4v) is 3.06. The molecule has 4 heteroatoms. The minimum absolute atomic E-state index is 0.0417. The van der Waals surface area contributed by atoms with Crippen LogP contribution in [-0.2, 0) is 0 Å². The summed E-state index contributed by atoms with van der Waals surface area (Å²) < 4.78 is 0. The van der Waals surface area contributed by atoms with Crippen LogP contribution in [0.25, 0.3) is 0 Å². The van der Waals surface area contributed by atoms with Gasteiger partial charge < -0.3 is 15.1 Å². The smallest absolute Gasteiger partial charge is 0.261 e. The van der Waals surface area contributed by atoms with E-state index in [1.807, 2.05) is 0 Å². The van der Waals surface area contributed by atoms with Crippen molar-refractivity contribution in [3.05, 3.63) is 23.8 Å². The number of nitrogens with zero attached hydrogens (tertiary/aromatic N) is 1. The topological polar surface area (TPSA) is 60.8 Å². The van der Waals surface area contributed by atoms with E-state index in [9.17, 15) is 15.0 Å². The summed E-state index contributed by atoms with van der Waals surface area (Å²) in [5.41, 5.74) is 0.0417. The number of aromatic hydroxyl groups is 2. The highest BCUT2D eigenvalue weighted by atomic mass is 16.3. The van der Waals surface area contributed by atoms with Gasteiger partial charge in [-0.2, -0.15) is 0 Å². The highest BCUT2D eigenvalue weighted by molar-refractivity contribution is 5.99. The lowest BCUT2D eigenvalue weighted by molar-refractivity contribution is 0.0697. The molecule has 2 bridgehead atoms. The molecule has 1 amide bonds. The molecule has 2 fully saturated rings. The van der Waals surface area contributed by atoms with Crippen LogP contribution in [0, 0.1) is 5.92 Å². The number of hydrogen-bond donors (Lipinski definition) is 2. The average Bonchev–Trinajstić information content (AvgIpc) is 2.90. The minimum atomic E-state index is -0.243. The van der Waals surface area contributed by atoms with E-state index in [-0.39, 0.29) is 23.0 Å². The predicted octanol–water partition coefficient (Wildman–Crippen LogP) is 1.72. The summed E-state index contributed by atoms with van der Waals surface area (Å²) in [5.74, 6) is 0.0836. The van der Waals surface area contributed by atoms with Crippen LogP contribution >= 0.6 is 0 Å². The van der Waals surface area contributed by atoms with Crippen molar-refractivity contribution in [2.75, 3.05) is 6.54 Å². The van der Waals surface area contributed by atoms with Crippen LogP contribution in [-0.4, -0.2) is 33.6 Å². The van der Waals surface area contributed by atoms with E-state index in [2.05, 4.69) is 0 Å². The van der Waals surface area contributed by atoms with Crippen molar-refractivity contribution in [1.29, 1.82) is 0 Å². The maximum absolute atomic E-state index is 12.3. The summed E-state index contributed by atoms with van der Waals surface area (Å²) >= 11 is 0. The average molecular weight is 233 g/mol. The first-order chi connectivity index (χ1) is 8.16. The van der Waals surface area contributed by atoms with Gasteiger partial charge >= 0.3 is 0 Å². The number of hydrogen-bond acceptors (Lipinski definition) is 3. The molecule has 1 aromatic carbocycles. The van der Waals surface area contributed by atoms with Crippen molar-refractivity contribution in [3.8, 4) is 11.5 Å². The van der Waals surface area contributed by atoms with Gasteiger partial charge in [0.25, 0.3) is 5.91 Å². The Hall–Kier alpha value is -1.71. The molecule has 1 aliphatic heterocycles. The van der Waals surface area contributed by atoms with Crippen LogP contribution in [0.5, 0.6) is 11.5 Å². The number of phenolic OH excluding ortho intramolecular Hbond substituents is 2. The van der Waals surface area contributed by atoms with E-state index in [4.69, 9.17) is 0 Å². The van der Waals surface area contributed by atoms with Crippen LogP contribution in [0.4, 0.5) is 0 Å². The molecule has 2 N–H and O–H groups in total. The Bertz CT molecular complexity index is 451. The van der Waals surface area contributed by atoms with Crippen molar-refractivity contribution in [1.82, 2.24) is 4.90 Å². The Morgan fingerprint density at radius 1 is 1.24 bits per heavy atom. The normalized spacial score (nSPS) is 26.5. The second-order valence-corrected chi connectivity index (χ2v) is 4.96. The lowest BCUT2D eigenvalue weighted by Gasteiger charge is -2.27. The first-order valence-electron chi connectivity index (χ1n) is 5.98. The van der Waals surface area contributed by atoms with Crippen LogP contribution in [0.3, 0.4) is 0 Å². The Balaban J connectivity index is 1.92. The molecule has 2 atom stereocenters. The van der Waals surface area contributed by atoms with Crippen molar-refractivity contribution in [3.63, 3.8) is 0 Å². The van der Waals surface area contributed by atoms with Crippen LogP contribution in [0.2, 0.25) is 0 Å². The second-order valence-electron chi connectivity index (χ2n) is 4.96. The number of amides is 1. The van der Waals surface area contributed by atoms with Crippen molar-refractivity contribution < 1.29 is 15.0 Å². The summed E-state index contributed by atoms with van der Waals surface area (Å²) in [6.45, 7) is 0.761. The van der Waals surface area contributed by atoms with E-state index in [1.165, 1.54) is 24.6 Å². The Kier molecular flexibility index (Phi) is 2.24. The minimum Gasteiger partial charge on any atom is -0.507 e. The fourth-order valence-electron chi connectivity index (χ4n) is 3.06. The number of likely N-dealkylation sites (tertiary alicyclic amines) is 1. The number of carbonyl (C=O) groups excluding carboxylic acids is 1. The molecular weight excluding hydrogens is 218 g/mol. The van der Waals surface area contributed by atoms with Crippen molar-refractivity contribution in [2.45, 2.75) is 25.3 Å². The predicted molar refractivity (Wildman–Crippen MR) is 61.9 cm³/mol. The molecule has 17 heavy (non-hydrogen) atoms. The molecular formula is C13H15NO3. The zero-order chi connectivity index (χ0) is 12.0.